The van der Waals surface area contributed by atoms with Crippen LogP contribution in [0.4, 0.5) is 11.4 Å². The second-order valence-corrected chi connectivity index (χ2v) is 9.40. The maximum atomic E-state index is 13.8. The molecule has 0 radical (unpaired) electrons. The molecule has 2 aromatic carbocycles. The molecule has 168 valence electrons. The summed E-state index contributed by atoms with van der Waals surface area (Å²) >= 11 is 0. The average molecular weight is 448 g/mol. The van der Waals surface area contributed by atoms with E-state index in [1.165, 1.54) is 6.07 Å². The predicted octanol–water partition coefficient (Wildman–Crippen LogP) is 6.10. The standard InChI is InChI=1S/C22H29N2O6P/c1-16(2)29-31(27,30-17(3)4)22(23-19-11-13-20(28-5)14-12-19)15-10-18-8-6-7-9-21(18)24(25)26/h6-17,22-23H,1-5H3/b15-10+/t22-/m1/s1. The molecule has 1 N–H and O–H groups in total. The number of para-hydroxylation sites is 1. The highest BCUT2D eigenvalue weighted by Gasteiger charge is 2.37. The van der Waals surface area contributed by atoms with Crippen molar-refractivity contribution in [2.45, 2.75) is 45.7 Å². The molecular weight excluding hydrogens is 419 g/mol. The SMILES string of the molecule is COc1ccc(N[C@@H](/C=C/c2ccccc2[N+](=O)[O-])P(=O)(OC(C)C)OC(C)C)cc1. The lowest BCUT2D eigenvalue weighted by molar-refractivity contribution is -0.385. The number of anilines is 1. The van der Waals surface area contributed by atoms with E-state index in [0.717, 1.165) is 0 Å². The minimum absolute atomic E-state index is 0.0497. The third kappa shape index (κ3) is 7.21. The second kappa shape index (κ2) is 11.1. The van der Waals surface area contributed by atoms with Gasteiger partial charge in [-0.25, -0.2) is 0 Å². The van der Waals surface area contributed by atoms with Gasteiger partial charge >= 0.3 is 7.60 Å². The van der Waals surface area contributed by atoms with E-state index in [0.29, 0.717) is 17.0 Å². The van der Waals surface area contributed by atoms with Crippen LogP contribution < -0.4 is 10.1 Å². The van der Waals surface area contributed by atoms with Crippen molar-refractivity contribution in [3.8, 4) is 5.75 Å². The van der Waals surface area contributed by atoms with E-state index >= 15 is 0 Å². The predicted molar refractivity (Wildman–Crippen MR) is 123 cm³/mol. The van der Waals surface area contributed by atoms with Crippen LogP contribution in [0.15, 0.2) is 54.6 Å². The van der Waals surface area contributed by atoms with Crippen LogP contribution in [0.5, 0.6) is 5.75 Å². The van der Waals surface area contributed by atoms with E-state index < -0.39 is 18.3 Å². The maximum absolute atomic E-state index is 13.8. The molecule has 0 heterocycles. The summed E-state index contributed by atoms with van der Waals surface area (Å²) in [4.78, 5) is 10.9. The quantitative estimate of drug-likeness (QED) is 0.252. The third-order valence-electron chi connectivity index (χ3n) is 4.05. The molecule has 0 bridgehead atoms. The lowest BCUT2D eigenvalue weighted by Crippen LogP contribution is -2.23. The van der Waals surface area contributed by atoms with Gasteiger partial charge in [0, 0.05) is 11.8 Å². The molecule has 0 unspecified atom stereocenters. The van der Waals surface area contributed by atoms with Gasteiger partial charge < -0.3 is 19.1 Å². The Bertz CT molecular complexity index is 929. The average Bonchev–Trinajstić information content (AvgIpc) is 2.70. The third-order valence-corrected chi connectivity index (χ3v) is 6.47. The van der Waals surface area contributed by atoms with E-state index in [4.69, 9.17) is 13.8 Å². The van der Waals surface area contributed by atoms with Crippen LogP contribution >= 0.6 is 7.60 Å². The van der Waals surface area contributed by atoms with E-state index in [9.17, 15) is 14.7 Å². The van der Waals surface area contributed by atoms with Crippen molar-refractivity contribution in [2.75, 3.05) is 12.4 Å². The highest BCUT2D eigenvalue weighted by atomic mass is 31.2. The minimum Gasteiger partial charge on any atom is -0.497 e. The molecule has 8 nitrogen and oxygen atoms in total. The van der Waals surface area contributed by atoms with E-state index in [-0.39, 0.29) is 17.9 Å². The summed E-state index contributed by atoms with van der Waals surface area (Å²) in [5.41, 5.74) is 0.999. The van der Waals surface area contributed by atoms with Crippen LogP contribution in [-0.2, 0) is 13.6 Å². The summed E-state index contributed by atoms with van der Waals surface area (Å²) in [5.74, 6) is -0.205. The lowest BCUT2D eigenvalue weighted by atomic mass is 10.1. The molecular formula is C22H29N2O6P. The number of nitrogens with zero attached hydrogens (tertiary/aromatic N) is 1. The Hall–Kier alpha value is -2.67. The molecule has 0 aliphatic rings. The van der Waals surface area contributed by atoms with Gasteiger partial charge in [0.2, 0.25) is 0 Å². The Balaban J connectivity index is 2.47. The monoisotopic (exact) mass is 448 g/mol. The molecule has 0 fully saturated rings. The Kier molecular flexibility index (Phi) is 8.80. The Morgan fingerprint density at radius 2 is 1.58 bits per heavy atom. The van der Waals surface area contributed by atoms with Gasteiger partial charge in [-0.15, -0.1) is 0 Å². The zero-order valence-electron chi connectivity index (χ0n) is 18.3. The van der Waals surface area contributed by atoms with Crippen molar-refractivity contribution in [3.63, 3.8) is 0 Å². The fourth-order valence-corrected chi connectivity index (χ4v) is 4.92. The van der Waals surface area contributed by atoms with Crippen LogP contribution in [0.2, 0.25) is 0 Å². The fourth-order valence-electron chi connectivity index (χ4n) is 2.82. The molecule has 9 heteroatoms. The van der Waals surface area contributed by atoms with Crippen molar-refractivity contribution in [2.24, 2.45) is 0 Å². The van der Waals surface area contributed by atoms with Gasteiger partial charge in [-0.05, 0) is 70.2 Å². The fraction of sp³-hybridized carbons (Fsp3) is 0.364. The number of hydrogen-bond donors (Lipinski definition) is 1. The Morgan fingerprint density at radius 1 is 1.00 bits per heavy atom. The molecule has 2 rings (SSSR count). The van der Waals surface area contributed by atoms with E-state index in [1.54, 1.807) is 89.4 Å². The topological polar surface area (TPSA) is 99.9 Å². The maximum Gasteiger partial charge on any atom is 0.357 e. The summed E-state index contributed by atoms with van der Waals surface area (Å²) in [6.07, 6.45) is 2.42. The molecule has 0 saturated carbocycles. The van der Waals surface area contributed by atoms with Crippen LogP contribution in [0.25, 0.3) is 6.08 Å². The molecule has 0 aromatic heterocycles. The minimum atomic E-state index is -3.70. The molecule has 0 aliphatic heterocycles. The van der Waals surface area contributed by atoms with Gasteiger partial charge in [0.1, 0.15) is 11.5 Å². The van der Waals surface area contributed by atoms with E-state index in [2.05, 4.69) is 5.32 Å². The second-order valence-electron chi connectivity index (χ2n) is 7.34. The van der Waals surface area contributed by atoms with Crippen molar-refractivity contribution in [1.29, 1.82) is 0 Å². The highest BCUT2D eigenvalue weighted by Crippen LogP contribution is 2.55. The smallest absolute Gasteiger partial charge is 0.357 e. The lowest BCUT2D eigenvalue weighted by Gasteiger charge is -2.29. The van der Waals surface area contributed by atoms with Gasteiger partial charge in [0.25, 0.3) is 5.69 Å². The van der Waals surface area contributed by atoms with Crippen LogP contribution in [0.1, 0.15) is 33.3 Å². The van der Waals surface area contributed by atoms with Gasteiger partial charge in [0.05, 0.1) is 29.8 Å². The van der Waals surface area contributed by atoms with Gasteiger partial charge in [-0.3, -0.25) is 14.7 Å². The summed E-state index contributed by atoms with van der Waals surface area (Å²) in [6, 6.07) is 13.4. The first kappa shape index (κ1) is 24.6. The highest BCUT2D eigenvalue weighted by molar-refractivity contribution is 7.55. The van der Waals surface area contributed by atoms with Crippen molar-refractivity contribution < 1.29 is 23.3 Å². The first-order valence-corrected chi connectivity index (χ1v) is 11.5. The molecule has 0 amide bonds. The zero-order valence-corrected chi connectivity index (χ0v) is 19.2. The van der Waals surface area contributed by atoms with Crippen LogP contribution in [0, 0.1) is 10.1 Å². The first-order chi connectivity index (χ1) is 14.6. The number of nitro benzene ring substituents is 1. The number of nitrogens with one attached hydrogen (secondary N) is 1. The number of hydrogen-bond acceptors (Lipinski definition) is 7. The summed E-state index contributed by atoms with van der Waals surface area (Å²) in [7, 11) is -2.13. The summed E-state index contributed by atoms with van der Waals surface area (Å²) < 4.78 is 30.5. The molecule has 1 atom stereocenters. The normalized spacial score (nSPS) is 13.0. The first-order valence-electron chi connectivity index (χ1n) is 9.93. The number of ether oxygens (including phenoxy) is 1. The molecule has 0 saturated heterocycles. The van der Waals surface area contributed by atoms with Gasteiger partial charge in [-0.1, -0.05) is 12.1 Å². The number of methoxy groups -OCH3 is 1. The Morgan fingerprint density at radius 3 is 2.10 bits per heavy atom. The number of nitro groups is 1. The number of benzene rings is 2. The van der Waals surface area contributed by atoms with Gasteiger partial charge in [0.15, 0.2) is 0 Å². The summed E-state index contributed by atoms with van der Waals surface area (Å²) in [6.45, 7) is 7.08. The Labute approximate surface area is 182 Å². The molecule has 31 heavy (non-hydrogen) atoms. The molecule has 2 aromatic rings. The molecule has 0 spiro atoms. The van der Waals surface area contributed by atoms with Crippen LogP contribution in [0.3, 0.4) is 0 Å². The number of rotatable bonds is 11. The van der Waals surface area contributed by atoms with Gasteiger partial charge in [-0.2, -0.15) is 0 Å². The summed E-state index contributed by atoms with van der Waals surface area (Å²) in [5, 5.41) is 14.5. The molecule has 0 aliphatic carbocycles. The van der Waals surface area contributed by atoms with Crippen molar-refractivity contribution in [3.05, 3.63) is 70.3 Å². The van der Waals surface area contributed by atoms with E-state index in [1.807, 2.05) is 0 Å². The largest absolute Gasteiger partial charge is 0.497 e. The zero-order chi connectivity index (χ0) is 23.0. The van der Waals surface area contributed by atoms with Crippen LogP contribution in [-0.4, -0.2) is 30.0 Å². The van der Waals surface area contributed by atoms with Crippen molar-refractivity contribution in [1.82, 2.24) is 0 Å². The van der Waals surface area contributed by atoms with Crippen molar-refractivity contribution >= 4 is 25.0 Å².